The van der Waals surface area contributed by atoms with Crippen molar-refractivity contribution >= 4 is 5.95 Å². The number of ether oxygens (including phenoxy) is 1. The lowest BCUT2D eigenvalue weighted by molar-refractivity contribution is 0.0614. The molecular formula is C16H23N5O. The van der Waals surface area contributed by atoms with Crippen molar-refractivity contribution in [1.82, 2.24) is 19.5 Å². The summed E-state index contributed by atoms with van der Waals surface area (Å²) in [5.74, 6) is 2.27. The Morgan fingerprint density at radius 3 is 2.73 bits per heavy atom. The zero-order valence-electron chi connectivity index (χ0n) is 13.0. The molecule has 1 N–H and O–H groups in total. The van der Waals surface area contributed by atoms with Crippen molar-refractivity contribution in [2.75, 3.05) is 25.1 Å². The molecule has 1 aliphatic rings. The third-order valence-electron chi connectivity index (χ3n) is 3.95. The quantitative estimate of drug-likeness (QED) is 0.888. The van der Waals surface area contributed by atoms with Crippen molar-refractivity contribution < 1.29 is 4.74 Å². The maximum absolute atomic E-state index is 5.43. The van der Waals surface area contributed by atoms with Gasteiger partial charge in [0.15, 0.2) is 0 Å². The summed E-state index contributed by atoms with van der Waals surface area (Å²) in [5.41, 5.74) is 0.958. The molecule has 0 spiro atoms. The van der Waals surface area contributed by atoms with Gasteiger partial charge in [0.2, 0.25) is 5.95 Å². The summed E-state index contributed by atoms with van der Waals surface area (Å²) in [5, 5.41) is 3.18. The van der Waals surface area contributed by atoms with Crippen LogP contribution in [0.1, 0.15) is 26.2 Å². The zero-order valence-corrected chi connectivity index (χ0v) is 13.0. The number of anilines is 1. The van der Waals surface area contributed by atoms with Gasteiger partial charge in [0.25, 0.3) is 0 Å². The molecule has 22 heavy (non-hydrogen) atoms. The second kappa shape index (κ2) is 7.35. The van der Waals surface area contributed by atoms with Gasteiger partial charge in [0, 0.05) is 51.1 Å². The fourth-order valence-electron chi connectivity index (χ4n) is 2.70. The molecule has 0 bridgehead atoms. The molecule has 1 fully saturated rings. The molecule has 2 aromatic rings. The molecule has 6 nitrogen and oxygen atoms in total. The fraction of sp³-hybridized carbons (Fsp3) is 0.562. The summed E-state index contributed by atoms with van der Waals surface area (Å²) in [6, 6.07) is 0. The lowest BCUT2D eigenvalue weighted by Gasteiger charge is -2.23. The minimum atomic E-state index is 0.660. The molecule has 0 aromatic carbocycles. The summed E-state index contributed by atoms with van der Waals surface area (Å²) in [6.45, 7) is 5.73. The predicted molar refractivity (Wildman–Crippen MR) is 85.6 cm³/mol. The van der Waals surface area contributed by atoms with E-state index >= 15 is 0 Å². The van der Waals surface area contributed by atoms with Gasteiger partial charge in [-0.15, -0.1) is 0 Å². The maximum Gasteiger partial charge on any atom is 0.222 e. The molecule has 3 rings (SSSR count). The van der Waals surface area contributed by atoms with Crippen LogP contribution in [0.4, 0.5) is 5.95 Å². The first-order valence-corrected chi connectivity index (χ1v) is 8.02. The predicted octanol–water partition coefficient (Wildman–Crippen LogP) is 2.59. The Labute approximate surface area is 131 Å². The van der Waals surface area contributed by atoms with Gasteiger partial charge in [-0.1, -0.05) is 6.92 Å². The number of imidazole rings is 1. The average Bonchev–Trinajstić information content (AvgIpc) is 3.02. The minimum Gasteiger partial charge on any atom is -0.381 e. The molecule has 3 heterocycles. The van der Waals surface area contributed by atoms with Gasteiger partial charge >= 0.3 is 0 Å². The average molecular weight is 301 g/mol. The molecule has 118 valence electrons. The van der Waals surface area contributed by atoms with Crippen molar-refractivity contribution in [1.29, 1.82) is 0 Å². The van der Waals surface area contributed by atoms with Crippen molar-refractivity contribution in [3.05, 3.63) is 24.8 Å². The van der Waals surface area contributed by atoms with E-state index in [1.165, 1.54) is 0 Å². The molecule has 0 saturated carbocycles. The minimum absolute atomic E-state index is 0.660. The maximum atomic E-state index is 5.43. The normalized spacial score (nSPS) is 15.9. The lowest BCUT2D eigenvalue weighted by atomic mass is 10.0. The second-order valence-corrected chi connectivity index (χ2v) is 5.68. The van der Waals surface area contributed by atoms with Crippen LogP contribution < -0.4 is 5.32 Å². The smallest absolute Gasteiger partial charge is 0.222 e. The number of nitrogens with one attached hydrogen (secondary N) is 1. The monoisotopic (exact) mass is 301 g/mol. The Kier molecular flexibility index (Phi) is 5.00. The molecular weight excluding hydrogens is 278 g/mol. The van der Waals surface area contributed by atoms with Crippen LogP contribution in [-0.4, -0.2) is 39.3 Å². The van der Waals surface area contributed by atoms with E-state index in [4.69, 9.17) is 4.74 Å². The van der Waals surface area contributed by atoms with E-state index in [-0.39, 0.29) is 0 Å². The van der Waals surface area contributed by atoms with Gasteiger partial charge in [-0.2, -0.15) is 0 Å². The number of aromatic nitrogens is 4. The third kappa shape index (κ3) is 3.62. The summed E-state index contributed by atoms with van der Waals surface area (Å²) in [4.78, 5) is 13.2. The van der Waals surface area contributed by atoms with Crippen molar-refractivity contribution in [3.63, 3.8) is 0 Å². The molecule has 6 heteroatoms. The van der Waals surface area contributed by atoms with E-state index in [1.807, 2.05) is 24.8 Å². The van der Waals surface area contributed by atoms with Crippen LogP contribution in [0.3, 0.4) is 0 Å². The van der Waals surface area contributed by atoms with Gasteiger partial charge < -0.3 is 14.6 Å². The van der Waals surface area contributed by atoms with Crippen LogP contribution in [0.25, 0.3) is 11.4 Å². The number of hydrogen-bond donors (Lipinski definition) is 1. The van der Waals surface area contributed by atoms with E-state index in [0.717, 1.165) is 57.0 Å². The van der Waals surface area contributed by atoms with Gasteiger partial charge in [-0.3, -0.25) is 0 Å². The zero-order chi connectivity index (χ0) is 15.2. The van der Waals surface area contributed by atoms with Crippen molar-refractivity contribution in [2.24, 2.45) is 5.92 Å². The van der Waals surface area contributed by atoms with Gasteiger partial charge in [-0.25, -0.2) is 15.0 Å². The summed E-state index contributed by atoms with van der Waals surface area (Å²) in [6.07, 6.45) is 10.9. The standard InChI is InChI=1S/C16H23N5O/c1-2-5-18-16-19-10-14(11-20-16)15-17-6-7-21(15)12-13-3-8-22-9-4-13/h6-7,10-11,13H,2-5,8-9,12H2,1H3,(H,18,19,20). The van der Waals surface area contributed by atoms with E-state index < -0.39 is 0 Å². The molecule has 2 aromatic heterocycles. The van der Waals surface area contributed by atoms with Gasteiger partial charge in [-0.05, 0) is 25.2 Å². The summed E-state index contributed by atoms with van der Waals surface area (Å²) >= 11 is 0. The third-order valence-corrected chi connectivity index (χ3v) is 3.95. The van der Waals surface area contributed by atoms with E-state index in [2.05, 4.69) is 31.8 Å². The molecule has 0 atom stereocenters. The van der Waals surface area contributed by atoms with Crippen LogP contribution in [0.5, 0.6) is 0 Å². The first-order valence-electron chi connectivity index (χ1n) is 8.02. The van der Waals surface area contributed by atoms with Crippen LogP contribution in [0.2, 0.25) is 0 Å². The van der Waals surface area contributed by atoms with Gasteiger partial charge in [0.1, 0.15) is 5.82 Å². The Hall–Kier alpha value is -1.95. The Balaban J connectivity index is 1.70. The van der Waals surface area contributed by atoms with Crippen molar-refractivity contribution in [2.45, 2.75) is 32.7 Å². The highest BCUT2D eigenvalue weighted by Gasteiger charge is 2.16. The highest BCUT2D eigenvalue weighted by Crippen LogP contribution is 2.21. The van der Waals surface area contributed by atoms with Crippen LogP contribution >= 0.6 is 0 Å². The number of hydrogen-bond acceptors (Lipinski definition) is 5. The SMILES string of the molecule is CCCNc1ncc(-c2nccn2CC2CCOCC2)cn1. The molecule has 1 saturated heterocycles. The summed E-state index contributed by atoms with van der Waals surface area (Å²) in [7, 11) is 0. The molecule has 0 aliphatic carbocycles. The largest absolute Gasteiger partial charge is 0.381 e. The van der Waals surface area contributed by atoms with E-state index in [1.54, 1.807) is 0 Å². The molecule has 0 radical (unpaired) electrons. The fourth-order valence-corrected chi connectivity index (χ4v) is 2.70. The molecule has 0 amide bonds. The topological polar surface area (TPSA) is 64.9 Å². The van der Waals surface area contributed by atoms with Crippen LogP contribution in [-0.2, 0) is 11.3 Å². The first kappa shape index (κ1) is 15.0. The number of rotatable bonds is 6. The summed E-state index contributed by atoms with van der Waals surface area (Å²) < 4.78 is 7.63. The highest BCUT2D eigenvalue weighted by molar-refractivity contribution is 5.53. The first-order chi connectivity index (χ1) is 10.9. The van der Waals surface area contributed by atoms with E-state index in [9.17, 15) is 0 Å². The number of nitrogens with zero attached hydrogens (tertiary/aromatic N) is 4. The van der Waals surface area contributed by atoms with Crippen LogP contribution in [0, 0.1) is 5.92 Å². The Bertz CT molecular complexity index is 574. The van der Waals surface area contributed by atoms with Crippen molar-refractivity contribution in [3.8, 4) is 11.4 Å². The van der Waals surface area contributed by atoms with Crippen LogP contribution in [0.15, 0.2) is 24.8 Å². The second-order valence-electron chi connectivity index (χ2n) is 5.68. The van der Waals surface area contributed by atoms with E-state index in [0.29, 0.717) is 11.9 Å². The van der Waals surface area contributed by atoms with Gasteiger partial charge in [0.05, 0.1) is 5.56 Å². The molecule has 0 unspecified atom stereocenters. The Morgan fingerprint density at radius 2 is 2.00 bits per heavy atom. The lowest BCUT2D eigenvalue weighted by Crippen LogP contribution is -2.20. The highest BCUT2D eigenvalue weighted by atomic mass is 16.5. The molecule has 1 aliphatic heterocycles. The Morgan fingerprint density at radius 1 is 1.23 bits per heavy atom.